The van der Waals surface area contributed by atoms with Crippen LogP contribution in [0.3, 0.4) is 0 Å². The Hall–Kier alpha value is -3.22. The SMILES string of the molecule is O=C(CNC(=O)NCCc1cc2ccccc2o1)NCc1ccco1. The lowest BCUT2D eigenvalue weighted by Crippen LogP contribution is -2.42. The molecule has 3 N–H and O–H groups in total. The molecule has 7 heteroatoms. The largest absolute Gasteiger partial charge is 0.467 e. The lowest BCUT2D eigenvalue weighted by atomic mass is 10.2. The van der Waals surface area contributed by atoms with E-state index < -0.39 is 6.03 Å². The Kier molecular flexibility index (Phi) is 5.36. The van der Waals surface area contributed by atoms with Crippen molar-refractivity contribution in [3.63, 3.8) is 0 Å². The van der Waals surface area contributed by atoms with Gasteiger partial charge in [-0.25, -0.2) is 4.79 Å². The Balaban J connectivity index is 1.33. The number of furan rings is 2. The standard InChI is InChI=1S/C18H19N3O4/c22-17(20-11-15-5-3-9-24-15)12-21-18(23)19-8-7-14-10-13-4-1-2-6-16(13)25-14/h1-6,9-10H,7-8,11-12H2,(H,20,22)(H2,19,21,23). The average molecular weight is 341 g/mol. The van der Waals surface area contributed by atoms with E-state index in [2.05, 4.69) is 16.0 Å². The summed E-state index contributed by atoms with van der Waals surface area (Å²) in [6.07, 6.45) is 2.11. The van der Waals surface area contributed by atoms with Gasteiger partial charge in [0.2, 0.25) is 5.91 Å². The Morgan fingerprint density at radius 1 is 0.960 bits per heavy atom. The van der Waals surface area contributed by atoms with Crippen LogP contribution in [0.5, 0.6) is 0 Å². The average Bonchev–Trinajstić information content (AvgIpc) is 3.27. The number of urea groups is 1. The Bertz CT molecular complexity index is 806. The van der Waals surface area contributed by atoms with Crippen LogP contribution in [-0.2, 0) is 17.8 Å². The molecule has 2 aromatic heterocycles. The quantitative estimate of drug-likeness (QED) is 0.614. The first-order valence-electron chi connectivity index (χ1n) is 7.99. The molecule has 0 unspecified atom stereocenters. The van der Waals surface area contributed by atoms with E-state index in [1.54, 1.807) is 12.1 Å². The van der Waals surface area contributed by atoms with E-state index >= 15 is 0 Å². The highest BCUT2D eigenvalue weighted by atomic mass is 16.3. The summed E-state index contributed by atoms with van der Waals surface area (Å²) in [5.41, 5.74) is 0.829. The predicted molar refractivity (Wildman–Crippen MR) is 91.9 cm³/mol. The van der Waals surface area contributed by atoms with Crippen LogP contribution in [0, 0.1) is 0 Å². The number of benzene rings is 1. The molecule has 3 aromatic rings. The van der Waals surface area contributed by atoms with Crippen molar-refractivity contribution < 1.29 is 18.4 Å². The first-order valence-corrected chi connectivity index (χ1v) is 7.99. The maximum absolute atomic E-state index is 11.7. The third kappa shape index (κ3) is 4.87. The van der Waals surface area contributed by atoms with Gasteiger partial charge < -0.3 is 24.8 Å². The van der Waals surface area contributed by atoms with Crippen LogP contribution < -0.4 is 16.0 Å². The molecule has 3 rings (SSSR count). The molecule has 0 atom stereocenters. The highest BCUT2D eigenvalue weighted by Crippen LogP contribution is 2.18. The van der Waals surface area contributed by atoms with Crippen LogP contribution in [0.15, 0.2) is 57.6 Å². The summed E-state index contributed by atoms with van der Waals surface area (Å²) in [5.74, 6) is 1.17. The van der Waals surface area contributed by atoms with Crippen LogP contribution in [0.4, 0.5) is 4.79 Å². The first-order chi connectivity index (χ1) is 12.2. The van der Waals surface area contributed by atoms with Gasteiger partial charge in [-0.1, -0.05) is 18.2 Å². The molecule has 0 aliphatic rings. The van der Waals surface area contributed by atoms with E-state index in [1.807, 2.05) is 30.3 Å². The van der Waals surface area contributed by atoms with Crippen molar-refractivity contribution in [3.05, 3.63) is 60.2 Å². The van der Waals surface area contributed by atoms with Crippen molar-refractivity contribution in [1.82, 2.24) is 16.0 Å². The number of para-hydroxylation sites is 1. The lowest BCUT2D eigenvalue weighted by Gasteiger charge is -2.07. The van der Waals surface area contributed by atoms with Crippen molar-refractivity contribution >= 4 is 22.9 Å². The van der Waals surface area contributed by atoms with Crippen LogP contribution in [0.2, 0.25) is 0 Å². The topological polar surface area (TPSA) is 96.5 Å². The van der Waals surface area contributed by atoms with Crippen molar-refractivity contribution in [2.75, 3.05) is 13.1 Å². The van der Waals surface area contributed by atoms with Gasteiger partial charge in [0.1, 0.15) is 17.1 Å². The zero-order valence-corrected chi connectivity index (χ0v) is 13.6. The molecule has 0 fully saturated rings. The number of amides is 3. The number of fused-ring (bicyclic) bond motifs is 1. The number of hydrogen-bond donors (Lipinski definition) is 3. The van der Waals surface area contributed by atoms with E-state index in [1.165, 1.54) is 6.26 Å². The fourth-order valence-corrected chi connectivity index (χ4v) is 2.34. The van der Waals surface area contributed by atoms with Gasteiger partial charge in [0.15, 0.2) is 0 Å². The highest BCUT2D eigenvalue weighted by Gasteiger charge is 2.07. The van der Waals surface area contributed by atoms with Crippen LogP contribution >= 0.6 is 0 Å². The number of hydrogen-bond acceptors (Lipinski definition) is 4. The number of rotatable bonds is 7. The van der Waals surface area contributed by atoms with Crippen LogP contribution in [0.25, 0.3) is 11.0 Å². The van der Waals surface area contributed by atoms with E-state index in [9.17, 15) is 9.59 Å². The van der Waals surface area contributed by atoms with Gasteiger partial charge in [0, 0.05) is 18.4 Å². The molecule has 0 bridgehead atoms. The van der Waals surface area contributed by atoms with Gasteiger partial charge in [0.05, 0.1) is 19.4 Å². The van der Waals surface area contributed by atoms with Crippen molar-refractivity contribution in [2.45, 2.75) is 13.0 Å². The molecule has 1 aromatic carbocycles. The smallest absolute Gasteiger partial charge is 0.315 e. The van der Waals surface area contributed by atoms with Crippen LogP contribution in [-0.4, -0.2) is 25.0 Å². The Morgan fingerprint density at radius 3 is 2.64 bits per heavy atom. The molecule has 0 saturated heterocycles. The lowest BCUT2D eigenvalue weighted by molar-refractivity contribution is -0.120. The van der Waals surface area contributed by atoms with Gasteiger partial charge >= 0.3 is 6.03 Å². The minimum atomic E-state index is -0.399. The molecule has 3 amide bonds. The Labute approximate surface area is 144 Å². The minimum absolute atomic E-state index is 0.100. The summed E-state index contributed by atoms with van der Waals surface area (Å²) in [6, 6.07) is 12.8. The number of nitrogens with one attached hydrogen (secondary N) is 3. The second-order valence-electron chi connectivity index (χ2n) is 5.47. The summed E-state index contributed by atoms with van der Waals surface area (Å²) >= 11 is 0. The summed E-state index contributed by atoms with van der Waals surface area (Å²) in [5, 5.41) is 8.88. The number of carbonyl (C=O) groups excluding carboxylic acids is 2. The summed E-state index contributed by atoms with van der Waals surface area (Å²) in [7, 11) is 0. The third-order valence-corrected chi connectivity index (χ3v) is 3.58. The molecule has 0 saturated carbocycles. The monoisotopic (exact) mass is 341 g/mol. The zero-order chi connectivity index (χ0) is 17.5. The molecular weight excluding hydrogens is 322 g/mol. The second-order valence-corrected chi connectivity index (χ2v) is 5.47. The van der Waals surface area contributed by atoms with Crippen molar-refractivity contribution in [2.24, 2.45) is 0 Å². The molecule has 2 heterocycles. The van der Waals surface area contributed by atoms with Crippen molar-refractivity contribution in [3.8, 4) is 0 Å². The predicted octanol–water partition coefficient (Wildman–Crippen LogP) is 2.18. The highest BCUT2D eigenvalue weighted by molar-refractivity contribution is 5.83. The molecule has 7 nitrogen and oxygen atoms in total. The molecule has 0 aliphatic heterocycles. The molecule has 25 heavy (non-hydrogen) atoms. The molecular formula is C18H19N3O4. The van der Waals surface area contributed by atoms with E-state index in [0.29, 0.717) is 25.3 Å². The fraction of sp³-hybridized carbons (Fsp3) is 0.222. The van der Waals surface area contributed by atoms with E-state index in [0.717, 1.165) is 16.7 Å². The van der Waals surface area contributed by atoms with Crippen molar-refractivity contribution in [1.29, 1.82) is 0 Å². The third-order valence-electron chi connectivity index (χ3n) is 3.58. The first kappa shape index (κ1) is 16.6. The van der Waals surface area contributed by atoms with Gasteiger partial charge in [-0.15, -0.1) is 0 Å². The normalized spacial score (nSPS) is 10.6. The van der Waals surface area contributed by atoms with Crippen LogP contribution in [0.1, 0.15) is 11.5 Å². The second kappa shape index (κ2) is 8.05. The minimum Gasteiger partial charge on any atom is -0.467 e. The summed E-state index contributed by atoms with van der Waals surface area (Å²) in [6.45, 7) is 0.609. The van der Waals surface area contributed by atoms with Gasteiger partial charge in [-0.3, -0.25) is 4.79 Å². The summed E-state index contributed by atoms with van der Waals surface area (Å²) in [4.78, 5) is 23.3. The van der Waals surface area contributed by atoms with Gasteiger partial charge in [-0.2, -0.15) is 0 Å². The Morgan fingerprint density at radius 2 is 1.84 bits per heavy atom. The molecule has 0 spiro atoms. The van der Waals surface area contributed by atoms with E-state index in [-0.39, 0.29) is 12.5 Å². The maximum Gasteiger partial charge on any atom is 0.315 e. The van der Waals surface area contributed by atoms with Gasteiger partial charge in [-0.05, 0) is 24.3 Å². The van der Waals surface area contributed by atoms with Gasteiger partial charge in [0.25, 0.3) is 0 Å². The number of carbonyl (C=O) groups is 2. The molecule has 0 radical (unpaired) electrons. The molecule has 0 aliphatic carbocycles. The van der Waals surface area contributed by atoms with E-state index in [4.69, 9.17) is 8.83 Å². The fourth-order valence-electron chi connectivity index (χ4n) is 2.34. The maximum atomic E-state index is 11.7. The molecule has 130 valence electrons. The summed E-state index contributed by atoms with van der Waals surface area (Å²) < 4.78 is 10.8. The zero-order valence-electron chi connectivity index (χ0n) is 13.6.